The van der Waals surface area contributed by atoms with E-state index in [4.69, 9.17) is 4.42 Å². The summed E-state index contributed by atoms with van der Waals surface area (Å²) in [6.07, 6.45) is 2.06. The third kappa shape index (κ3) is 2.41. The van der Waals surface area contributed by atoms with Gasteiger partial charge >= 0.3 is 0 Å². The molecular formula is C15H20FNO. The molecule has 0 fully saturated rings. The van der Waals surface area contributed by atoms with Gasteiger partial charge in [0, 0.05) is 0 Å². The Labute approximate surface area is 107 Å². The summed E-state index contributed by atoms with van der Waals surface area (Å²) in [6, 6.07) is 5.26. The average molecular weight is 249 g/mol. The Morgan fingerprint density at radius 1 is 1.33 bits per heavy atom. The molecule has 1 aromatic carbocycles. The van der Waals surface area contributed by atoms with E-state index in [0.29, 0.717) is 11.0 Å². The Kier molecular flexibility index (Phi) is 4.02. The summed E-state index contributed by atoms with van der Waals surface area (Å²) in [5.41, 5.74) is 1.65. The minimum absolute atomic E-state index is 0.172. The number of rotatable bonds is 5. The van der Waals surface area contributed by atoms with Crippen LogP contribution < -0.4 is 5.32 Å². The highest BCUT2D eigenvalue weighted by atomic mass is 19.1. The van der Waals surface area contributed by atoms with Gasteiger partial charge in [0.15, 0.2) is 0 Å². The smallest absolute Gasteiger partial charge is 0.140 e. The van der Waals surface area contributed by atoms with Crippen molar-refractivity contribution in [3.05, 3.63) is 35.3 Å². The van der Waals surface area contributed by atoms with Crippen LogP contribution in [0.2, 0.25) is 0 Å². The zero-order valence-corrected chi connectivity index (χ0v) is 11.2. The first-order valence-electron chi connectivity index (χ1n) is 6.59. The number of benzene rings is 1. The first kappa shape index (κ1) is 13.1. The van der Waals surface area contributed by atoms with Gasteiger partial charge in [-0.2, -0.15) is 0 Å². The Bertz CT molecular complexity index is 488. The van der Waals surface area contributed by atoms with Crippen LogP contribution in [0.15, 0.2) is 22.6 Å². The molecule has 98 valence electrons. The Morgan fingerprint density at radius 3 is 2.72 bits per heavy atom. The van der Waals surface area contributed by atoms with Gasteiger partial charge < -0.3 is 9.73 Å². The highest BCUT2D eigenvalue weighted by molar-refractivity contribution is 5.81. The lowest BCUT2D eigenvalue weighted by Gasteiger charge is -2.13. The van der Waals surface area contributed by atoms with Crippen LogP contribution in [-0.4, -0.2) is 6.54 Å². The second-order valence-corrected chi connectivity index (χ2v) is 4.65. The summed E-state index contributed by atoms with van der Waals surface area (Å²) in [5.74, 6) is 0.624. The predicted molar refractivity (Wildman–Crippen MR) is 72.2 cm³/mol. The molecule has 1 unspecified atom stereocenters. The van der Waals surface area contributed by atoms with Crippen LogP contribution in [0.4, 0.5) is 4.39 Å². The summed E-state index contributed by atoms with van der Waals surface area (Å²) < 4.78 is 19.6. The predicted octanol–water partition coefficient (Wildman–Crippen LogP) is 4.33. The number of furan rings is 1. The van der Waals surface area contributed by atoms with Gasteiger partial charge in [0.2, 0.25) is 0 Å². The minimum atomic E-state index is -0.211. The van der Waals surface area contributed by atoms with Crippen LogP contribution in [0, 0.1) is 12.7 Å². The van der Waals surface area contributed by atoms with Crippen molar-refractivity contribution in [2.24, 2.45) is 0 Å². The fourth-order valence-electron chi connectivity index (χ4n) is 2.30. The van der Waals surface area contributed by atoms with E-state index in [-0.39, 0.29) is 11.9 Å². The molecule has 0 aliphatic heterocycles. The Balaban J connectivity index is 2.44. The van der Waals surface area contributed by atoms with Gasteiger partial charge in [-0.15, -0.1) is 0 Å². The molecule has 0 bridgehead atoms. The van der Waals surface area contributed by atoms with Crippen molar-refractivity contribution >= 4 is 11.0 Å². The highest BCUT2D eigenvalue weighted by Gasteiger charge is 2.17. The number of hydrogen-bond donors (Lipinski definition) is 1. The Hall–Kier alpha value is -1.35. The fraction of sp³-hybridized carbons (Fsp3) is 0.467. The second-order valence-electron chi connectivity index (χ2n) is 4.65. The van der Waals surface area contributed by atoms with E-state index in [1.54, 1.807) is 6.07 Å². The molecule has 2 nitrogen and oxygen atoms in total. The van der Waals surface area contributed by atoms with Gasteiger partial charge in [-0.3, -0.25) is 0 Å². The number of hydrogen-bond acceptors (Lipinski definition) is 2. The van der Waals surface area contributed by atoms with Crippen LogP contribution in [0.1, 0.15) is 44.1 Å². The molecular weight excluding hydrogens is 229 g/mol. The summed E-state index contributed by atoms with van der Waals surface area (Å²) in [4.78, 5) is 0. The molecule has 0 spiro atoms. The summed E-state index contributed by atoms with van der Waals surface area (Å²) in [6.45, 7) is 7.02. The van der Waals surface area contributed by atoms with Gasteiger partial charge in [0.05, 0.1) is 11.4 Å². The van der Waals surface area contributed by atoms with Crippen LogP contribution in [0.5, 0.6) is 0 Å². The highest BCUT2D eigenvalue weighted by Crippen LogP contribution is 2.30. The van der Waals surface area contributed by atoms with Crippen molar-refractivity contribution in [3.63, 3.8) is 0 Å². The van der Waals surface area contributed by atoms with Crippen molar-refractivity contribution in [2.45, 2.75) is 39.7 Å². The second kappa shape index (κ2) is 5.53. The van der Waals surface area contributed by atoms with E-state index in [0.717, 1.165) is 30.7 Å². The van der Waals surface area contributed by atoms with Crippen LogP contribution in [0.25, 0.3) is 11.0 Å². The van der Waals surface area contributed by atoms with Crippen molar-refractivity contribution in [1.82, 2.24) is 5.32 Å². The molecule has 0 saturated heterocycles. The van der Waals surface area contributed by atoms with E-state index < -0.39 is 0 Å². The molecule has 0 amide bonds. The quantitative estimate of drug-likeness (QED) is 0.853. The van der Waals surface area contributed by atoms with E-state index >= 15 is 0 Å². The topological polar surface area (TPSA) is 25.2 Å². The monoisotopic (exact) mass is 249 g/mol. The number of nitrogens with one attached hydrogen (secondary N) is 1. The molecule has 0 saturated carbocycles. The van der Waals surface area contributed by atoms with Gasteiger partial charge in [-0.05, 0) is 37.6 Å². The zero-order chi connectivity index (χ0) is 13.1. The van der Waals surface area contributed by atoms with Crippen molar-refractivity contribution < 1.29 is 8.81 Å². The van der Waals surface area contributed by atoms with Crippen molar-refractivity contribution in [1.29, 1.82) is 0 Å². The average Bonchev–Trinajstić information content (AvgIpc) is 2.80. The van der Waals surface area contributed by atoms with E-state index in [9.17, 15) is 4.39 Å². The van der Waals surface area contributed by atoms with E-state index in [1.807, 2.05) is 13.0 Å². The largest absolute Gasteiger partial charge is 0.459 e. The van der Waals surface area contributed by atoms with Crippen LogP contribution in [-0.2, 0) is 0 Å². The lowest BCUT2D eigenvalue weighted by Crippen LogP contribution is -2.20. The first-order chi connectivity index (χ1) is 8.67. The fourth-order valence-corrected chi connectivity index (χ4v) is 2.30. The molecule has 18 heavy (non-hydrogen) atoms. The summed E-state index contributed by atoms with van der Waals surface area (Å²) in [5, 5.41) is 3.97. The third-order valence-corrected chi connectivity index (χ3v) is 3.22. The van der Waals surface area contributed by atoms with Crippen molar-refractivity contribution in [3.8, 4) is 0 Å². The normalized spacial score (nSPS) is 13.1. The molecule has 3 heteroatoms. The number of fused-ring (bicyclic) bond motifs is 1. The molecule has 1 atom stereocenters. The maximum Gasteiger partial charge on any atom is 0.140 e. The lowest BCUT2D eigenvalue weighted by molar-refractivity contribution is 0.414. The number of aryl methyl sites for hydroxylation is 1. The molecule has 2 rings (SSSR count). The molecule has 0 aliphatic carbocycles. The first-order valence-corrected chi connectivity index (χ1v) is 6.59. The maximum absolute atomic E-state index is 13.7. The third-order valence-electron chi connectivity index (χ3n) is 3.22. The molecule has 0 radical (unpaired) electrons. The minimum Gasteiger partial charge on any atom is -0.459 e. The van der Waals surface area contributed by atoms with E-state index in [2.05, 4.69) is 19.2 Å². The van der Waals surface area contributed by atoms with Gasteiger partial charge in [-0.25, -0.2) is 4.39 Å². The van der Waals surface area contributed by atoms with Crippen LogP contribution >= 0.6 is 0 Å². The molecule has 1 N–H and O–H groups in total. The lowest BCUT2D eigenvalue weighted by atomic mass is 10.1. The molecule has 2 aromatic rings. The summed E-state index contributed by atoms with van der Waals surface area (Å²) >= 11 is 0. The van der Waals surface area contributed by atoms with Crippen LogP contribution in [0.3, 0.4) is 0 Å². The summed E-state index contributed by atoms with van der Waals surface area (Å²) in [7, 11) is 0. The van der Waals surface area contributed by atoms with E-state index in [1.165, 1.54) is 6.07 Å². The number of halogens is 1. The standard InChI is InChI=1S/C15H20FNO/c1-4-6-13(17-5-2)14-9-11-12(16)8-7-10(3)15(11)18-14/h7-9,13,17H,4-6H2,1-3H3. The Morgan fingerprint density at radius 2 is 2.11 bits per heavy atom. The molecule has 0 aliphatic rings. The van der Waals surface area contributed by atoms with Gasteiger partial charge in [0.25, 0.3) is 0 Å². The van der Waals surface area contributed by atoms with Gasteiger partial charge in [0.1, 0.15) is 17.2 Å². The zero-order valence-electron chi connectivity index (χ0n) is 11.2. The SMILES string of the molecule is CCCC(NCC)c1cc2c(F)ccc(C)c2o1. The maximum atomic E-state index is 13.7. The molecule has 1 heterocycles. The molecule has 1 aromatic heterocycles. The van der Waals surface area contributed by atoms with Crippen molar-refractivity contribution in [2.75, 3.05) is 6.54 Å². The van der Waals surface area contributed by atoms with Gasteiger partial charge in [-0.1, -0.05) is 26.3 Å².